The number of hydrogen-bond acceptors (Lipinski definition) is 0. The van der Waals surface area contributed by atoms with Gasteiger partial charge in [0, 0.05) is 0 Å². The van der Waals surface area contributed by atoms with Crippen molar-refractivity contribution < 1.29 is 0 Å². The van der Waals surface area contributed by atoms with Crippen LogP contribution in [0.5, 0.6) is 0 Å². The molecule has 0 fully saturated rings. The van der Waals surface area contributed by atoms with Crippen LogP contribution < -0.4 is 0 Å². The van der Waals surface area contributed by atoms with E-state index in [1.54, 1.807) is 0 Å². The Morgan fingerprint density at radius 1 is 0.615 bits per heavy atom. The molecule has 0 heteroatoms. The maximum absolute atomic E-state index is 4.13. The highest BCUT2D eigenvalue weighted by Crippen LogP contribution is 2.38. The van der Waals surface area contributed by atoms with E-state index >= 15 is 0 Å². The quantitative estimate of drug-likeness (QED) is 0.339. The van der Waals surface area contributed by atoms with Crippen molar-refractivity contribution in [2.24, 2.45) is 0 Å². The molecule has 128 valence electrons. The van der Waals surface area contributed by atoms with Crippen LogP contribution in [0.15, 0.2) is 109 Å². The van der Waals surface area contributed by atoms with Crippen LogP contribution in [0.4, 0.5) is 0 Å². The first-order valence-corrected chi connectivity index (χ1v) is 8.91. The predicted octanol–water partition coefficient (Wildman–Crippen LogP) is 7.28. The smallest absolute Gasteiger partial charge is 0.00701 e. The highest BCUT2D eigenvalue weighted by atomic mass is 14.2. The number of benzene rings is 3. The molecule has 0 spiro atoms. The molecule has 0 heterocycles. The molecule has 3 rings (SSSR count). The highest BCUT2D eigenvalue weighted by molar-refractivity contribution is 6.14. The molecule has 0 saturated heterocycles. The molecule has 0 bridgehead atoms. The average molecular weight is 336 g/mol. The standard InChI is InChI=1S/C26H24/c1-20(2)19-25(23-15-9-5-10-16-23)26(24-17-11-6-12-18-24)21(3)22-13-7-4-8-14-22/h4-19H,1H2,2-3H3/b25-19-,26-21+. The van der Waals surface area contributed by atoms with Crippen molar-refractivity contribution in [1.82, 2.24) is 0 Å². The minimum absolute atomic E-state index is 1.04. The molecule has 0 atom stereocenters. The first-order valence-electron chi connectivity index (χ1n) is 8.91. The van der Waals surface area contributed by atoms with Gasteiger partial charge in [-0.25, -0.2) is 0 Å². The van der Waals surface area contributed by atoms with Gasteiger partial charge in [-0.2, -0.15) is 0 Å². The summed E-state index contributed by atoms with van der Waals surface area (Å²) < 4.78 is 0. The Balaban J connectivity index is 2.31. The molecule has 0 amide bonds. The first kappa shape index (κ1) is 17.7. The molecular formula is C26H24. The molecule has 0 unspecified atom stereocenters. The van der Waals surface area contributed by atoms with Crippen molar-refractivity contribution >= 4 is 16.7 Å². The Bertz CT molecular complexity index is 927. The third kappa shape index (κ3) is 4.10. The van der Waals surface area contributed by atoms with Crippen LogP contribution in [0.2, 0.25) is 0 Å². The van der Waals surface area contributed by atoms with Gasteiger partial charge < -0.3 is 0 Å². The van der Waals surface area contributed by atoms with Crippen LogP contribution in [-0.2, 0) is 0 Å². The van der Waals surface area contributed by atoms with Gasteiger partial charge in [0.2, 0.25) is 0 Å². The molecule has 0 nitrogen and oxygen atoms in total. The number of hydrogen-bond donors (Lipinski definition) is 0. The Labute approximate surface area is 156 Å². The van der Waals surface area contributed by atoms with Crippen LogP contribution in [0.3, 0.4) is 0 Å². The predicted molar refractivity (Wildman–Crippen MR) is 115 cm³/mol. The second-order valence-corrected chi connectivity index (χ2v) is 6.50. The largest absolute Gasteiger partial charge is 0.0961 e. The van der Waals surface area contributed by atoms with Gasteiger partial charge >= 0.3 is 0 Å². The fourth-order valence-corrected chi connectivity index (χ4v) is 3.18. The highest BCUT2D eigenvalue weighted by Gasteiger charge is 2.14. The van der Waals surface area contributed by atoms with Crippen molar-refractivity contribution in [3.8, 4) is 0 Å². The van der Waals surface area contributed by atoms with Gasteiger partial charge in [-0.05, 0) is 47.3 Å². The zero-order chi connectivity index (χ0) is 18.4. The van der Waals surface area contributed by atoms with E-state index in [-0.39, 0.29) is 0 Å². The molecule has 26 heavy (non-hydrogen) atoms. The monoisotopic (exact) mass is 336 g/mol. The lowest BCUT2D eigenvalue weighted by atomic mass is 9.86. The summed E-state index contributed by atoms with van der Waals surface area (Å²) in [7, 11) is 0. The summed E-state index contributed by atoms with van der Waals surface area (Å²) in [6, 6.07) is 31.7. The summed E-state index contributed by atoms with van der Waals surface area (Å²) in [6.45, 7) is 8.38. The molecule has 3 aromatic rings. The molecule has 0 aliphatic heterocycles. The Morgan fingerprint density at radius 3 is 1.50 bits per heavy atom. The Kier molecular flexibility index (Phi) is 5.66. The van der Waals surface area contributed by atoms with Crippen molar-refractivity contribution in [3.05, 3.63) is 126 Å². The van der Waals surface area contributed by atoms with Crippen molar-refractivity contribution in [2.75, 3.05) is 0 Å². The van der Waals surface area contributed by atoms with Crippen LogP contribution in [0.1, 0.15) is 30.5 Å². The first-order chi connectivity index (χ1) is 12.7. The van der Waals surface area contributed by atoms with E-state index < -0.39 is 0 Å². The van der Waals surface area contributed by atoms with Crippen LogP contribution >= 0.6 is 0 Å². The SMILES string of the molecule is C=C(C)/C=C(\C(=C(/C)c1ccccc1)c1ccccc1)c1ccccc1. The minimum atomic E-state index is 1.04. The van der Waals surface area contributed by atoms with E-state index in [1.165, 1.54) is 33.4 Å². The lowest BCUT2D eigenvalue weighted by Gasteiger charge is -2.18. The lowest BCUT2D eigenvalue weighted by Crippen LogP contribution is -1.95. The summed E-state index contributed by atoms with van der Waals surface area (Å²) in [4.78, 5) is 0. The van der Waals surface area contributed by atoms with E-state index in [4.69, 9.17) is 0 Å². The Hall–Kier alpha value is -3.12. The molecule has 0 aliphatic rings. The summed E-state index contributed by atoms with van der Waals surface area (Å²) in [6.07, 6.45) is 2.18. The fraction of sp³-hybridized carbons (Fsp3) is 0.0769. The molecule has 0 radical (unpaired) electrons. The third-order valence-electron chi connectivity index (χ3n) is 4.39. The summed E-state index contributed by atoms with van der Waals surface area (Å²) in [5.41, 5.74) is 8.38. The number of rotatable bonds is 5. The molecule has 0 aliphatic carbocycles. The zero-order valence-corrected chi connectivity index (χ0v) is 15.4. The van der Waals surface area contributed by atoms with Gasteiger partial charge in [0.1, 0.15) is 0 Å². The molecule has 3 aromatic carbocycles. The maximum atomic E-state index is 4.13. The van der Waals surface area contributed by atoms with E-state index in [1.807, 2.05) is 6.92 Å². The lowest BCUT2D eigenvalue weighted by molar-refractivity contribution is 1.51. The molecule has 0 saturated carbocycles. The van der Waals surface area contributed by atoms with E-state index in [2.05, 4.69) is 111 Å². The van der Waals surface area contributed by atoms with Gasteiger partial charge in [0.15, 0.2) is 0 Å². The van der Waals surface area contributed by atoms with Crippen LogP contribution in [-0.4, -0.2) is 0 Å². The topological polar surface area (TPSA) is 0 Å². The van der Waals surface area contributed by atoms with Gasteiger partial charge in [-0.3, -0.25) is 0 Å². The van der Waals surface area contributed by atoms with Gasteiger partial charge in [-0.1, -0.05) is 109 Å². The maximum Gasteiger partial charge on any atom is -0.00701 e. The third-order valence-corrected chi connectivity index (χ3v) is 4.39. The van der Waals surface area contributed by atoms with E-state index in [0.717, 1.165) is 5.57 Å². The molecule has 0 aromatic heterocycles. The van der Waals surface area contributed by atoms with Crippen molar-refractivity contribution in [1.29, 1.82) is 0 Å². The molecule has 0 N–H and O–H groups in total. The average Bonchev–Trinajstić information content (AvgIpc) is 2.69. The second-order valence-electron chi connectivity index (χ2n) is 6.50. The van der Waals surface area contributed by atoms with Gasteiger partial charge in [0.25, 0.3) is 0 Å². The van der Waals surface area contributed by atoms with Gasteiger partial charge in [-0.15, -0.1) is 0 Å². The number of allylic oxidation sites excluding steroid dienone is 5. The zero-order valence-electron chi connectivity index (χ0n) is 15.4. The van der Waals surface area contributed by atoms with Gasteiger partial charge in [0.05, 0.1) is 0 Å². The summed E-state index contributed by atoms with van der Waals surface area (Å²) >= 11 is 0. The van der Waals surface area contributed by atoms with Crippen molar-refractivity contribution in [2.45, 2.75) is 13.8 Å². The van der Waals surface area contributed by atoms with Crippen molar-refractivity contribution in [3.63, 3.8) is 0 Å². The molecular weight excluding hydrogens is 312 g/mol. The fourth-order valence-electron chi connectivity index (χ4n) is 3.18. The van der Waals surface area contributed by atoms with E-state index in [0.29, 0.717) is 0 Å². The van der Waals surface area contributed by atoms with Crippen LogP contribution in [0, 0.1) is 0 Å². The summed E-state index contributed by atoms with van der Waals surface area (Å²) in [5, 5.41) is 0. The summed E-state index contributed by atoms with van der Waals surface area (Å²) in [5.74, 6) is 0. The van der Waals surface area contributed by atoms with E-state index in [9.17, 15) is 0 Å². The normalized spacial score (nSPS) is 12.5. The van der Waals surface area contributed by atoms with Crippen LogP contribution in [0.25, 0.3) is 16.7 Å². The minimum Gasteiger partial charge on any atom is -0.0961 e. The Morgan fingerprint density at radius 2 is 1.04 bits per heavy atom. The second kappa shape index (κ2) is 8.31.